The van der Waals surface area contributed by atoms with Crippen LogP contribution in [0.5, 0.6) is 0 Å². The van der Waals surface area contributed by atoms with Gasteiger partial charge >= 0.3 is 0 Å². The van der Waals surface area contributed by atoms with Gasteiger partial charge in [-0.25, -0.2) is 0 Å². The highest BCUT2D eigenvalue weighted by Gasteiger charge is 2.37. The summed E-state index contributed by atoms with van der Waals surface area (Å²) in [6.07, 6.45) is 61.9. The average molecular weight is 832 g/mol. The number of hydrogen-bond donors (Lipinski definition) is 0. The number of hydrogen-bond acceptors (Lipinski definition) is 2. The van der Waals surface area contributed by atoms with Gasteiger partial charge in [0.2, 0.25) is 0 Å². The van der Waals surface area contributed by atoms with Crippen LogP contribution in [0.4, 0.5) is 0 Å². The minimum Gasteiger partial charge on any atom is -0.370 e. The highest BCUT2D eigenvalue weighted by atomic mass is 16.6. The SMILES string of the molecule is CCCCCCCCCC/C=C\CCCCC(C)C.CCCCCCCCCC[C@@H]1O[C@@H]1CCCCC(C)C.CCCCCCCCCC[C@H]1O[C@H]1CCCCC(C)C. The minimum absolute atomic E-state index is 0.631. The summed E-state index contributed by atoms with van der Waals surface area (Å²) in [5.74, 6) is 2.60. The smallest absolute Gasteiger partial charge is 0.0841 e. The molecule has 2 heteroatoms. The van der Waals surface area contributed by atoms with E-state index in [1.165, 1.54) is 250 Å². The van der Waals surface area contributed by atoms with Gasteiger partial charge in [-0.1, -0.05) is 274 Å². The van der Waals surface area contributed by atoms with Gasteiger partial charge in [-0.3, -0.25) is 0 Å². The molecule has 2 heterocycles. The lowest BCUT2D eigenvalue weighted by molar-refractivity contribution is 0.346. The van der Waals surface area contributed by atoms with Gasteiger partial charge in [-0.05, 0) is 69.1 Å². The van der Waals surface area contributed by atoms with Gasteiger partial charge in [0.05, 0.1) is 24.4 Å². The van der Waals surface area contributed by atoms with Crippen molar-refractivity contribution in [3.05, 3.63) is 12.2 Å². The monoisotopic (exact) mass is 831 g/mol. The lowest BCUT2D eigenvalue weighted by Crippen LogP contribution is -1.95. The number of unbranched alkanes of at least 4 members (excludes halogenated alkanes) is 26. The second-order valence-corrected chi connectivity index (χ2v) is 20.7. The average Bonchev–Trinajstić information content (AvgIpc) is 4.14. The van der Waals surface area contributed by atoms with Gasteiger partial charge < -0.3 is 9.47 Å². The van der Waals surface area contributed by atoms with Crippen molar-refractivity contribution in [2.75, 3.05) is 0 Å². The van der Waals surface area contributed by atoms with Crippen molar-refractivity contribution in [2.45, 2.75) is 337 Å². The Morgan fingerprint density at radius 3 is 0.797 bits per heavy atom. The Bertz CT molecular complexity index is 769. The maximum atomic E-state index is 5.78. The van der Waals surface area contributed by atoms with Crippen molar-refractivity contribution in [3.8, 4) is 0 Å². The number of ether oxygens (including phenoxy) is 2. The highest BCUT2D eigenvalue weighted by molar-refractivity contribution is 4.85. The Kier molecular flexibility index (Phi) is 45.4. The summed E-state index contributed by atoms with van der Waals surface area (Å²) in [4.78, 5) is 0. The van der Waals surface area contributed by atoms with Gasteiger partial charge in [0, 0.05) is 0 Å². The first-order valence-electron chi connectivity index (χ1n) is 27.7. The maximum absolute atomic E-state index is 5.78. The lowest BCUT2D eigenvalue weighted by Gasteiger charge is -2.02. The molecule has 2 saturated heterocycles. The zero-order chi connectivity index (χ0) is 43.4. The van der Waals surface area contributed by atoms with E-state index in [4.69, 9.17) is 9.47 Å². The predicted molar refractivity (Wildman–Crippen MR) is 268 cm³/mol. The van der Waals surface area contributed by atoms with Crippen molar-refractivity contribution in [3.63, 3.8) is 0 Å². The molecule has 4 atom stereocenters. The second kappa shape index (κ2) is 45.7. The molecule has 0 amide bonds. The Labute approximate surface area is 375 Å². The van der Waals surface area contributed by atoms with Gasteiger partial charge in [0.1, 0.15) is 0 Å². The van der Waals surface area contributed by atoms with Gasteiger partial charge in [0.25, 0.3) is 0 Å². The molecular weight excluding hydrogens is 717 g/mol. The molecule has 2 aliphatic heterocycles. The second-order valence-electron chi connectivity index (χ2n) is 20.7. The van der Waals surface area contributed by atoms with Crippen molar-refractivity contribution >= 4 is 0 Å². The maximum Gasteiger partial charge on any atom is 0.0841 e. The van der Waals surface area contributed by atoms with Crippen LogP contribution in [0.15, 0.2) is 12.2 Å². The summed E-state index contributed by atoms with van der Waals surface area (Å²) >= 11 is 0. The standard InChI is InChI=1S/2C19H38O.C19H38/c2*1-4-5-6-7-8-9-10-11-15-18-19(20-18)16-13-12-14-17(2)3;1-4-5-6-7-8-9-10-11-12-13-14-15-16-17-18-19(2)3/h2*17-19H,4-16H2,1-3H3;13-14,19H,4-12,15-18H2,1-3H3/b;;14-13-/t2*18-,19+;/m10./s1. The van der Waals surface area contributed by atoms with Crippen LogP contribution in [-0.2, 0) is 9.47 Å². The third-order valence-electron chi connectivity index (χ3n) is 12.9. The van der Waals surface area contributed by atoms with Gasteiger partial charge in [-0.2, -0.15) is 0 Å². The molecule has 0 aliphatic carbocycles. The first kappa shape index (κ1) is 58.7. The van der Waals surface area contributed by atoms with Crippen molar-refractivity contribution in [2.24, 2.45) is 17.8 Å². The summed E-state index contributed by atoms with van der Waals surface area (Å²) in [5.41, 5.74) is 0. The number of allylic oxidation sites excluding steroid dienone is 2. The summed E-state index contributed by atoms with van der Waals surface area (Å²) in [6.45, 7) is 20.8. The van der Waals surface area contributed by atoms with E-state index in [9.17, 15) is 0 Å². The van der Waals surface area contributed by atoms with Crippen LogP contribution in [0, 0.1) is 17.8 Å². The van der Waals surface area contributed by atoms with Crippen LogP contribution in [0.2, 0.25) is 0 Å². The van der Waals surface area contributed by atoms with Gasteiger partial charge in [-0.15, -0.1) is 0 Å². The zero-order valence-electron chi connectivity index (χ0n) is 42.6. The molecule has 0 radical (unpaired) electrons. The van der Waals surface area contributed by atoms with Crippen molar-refractivity contribution in [1.82, 2.24) is 0 Å². The van der Waals surface area contributed by atoms with Crippen LogP contribution in [0.25, 0.3) is 0 Å². The molecule has 2 rings (SSSR count). The third-order valence-corrected chi connectivity index (χ3v) is 12.9. The molecule has 0 aromatic rings. The van der Waals surface area contributed by atoms with E-state index in [2.05, 4.69) is 74.5 Å². The fraction of sp³-hybridized carbons (Fsp3) is 0.965. The lowest BCUT2D eigenvalue weighted by atomic mass is 10.0. The molecule has 0 spiro atoms. The van der Waals surface area contributed by atoms with E-state index in [-0.39, 0.29) is 0 Å². The number of epoxide rings is 2. The summed E-state index contributed by atoms with van der Waals surface area (Å²) in [6, 6.07) is 0. The molecule has 59 heavy (non-hydrogen) atoms. The van der Waals surface area contributed by atoms with E-state index in [0.29, 0.717) is 24.4 Å². The molecule has 0 aromatic carbocycles. The van der Waals surface area contributed by atoms with Crippen LogP contribution in [-0.4, -0.2) is 24.4 Å². The summed E-state index contributed by atoms with van der Waals surface area (Å²) in [5, 5.41) is 0. The van der Waals surface area contributed by atoms with E-state index in [1.807, 2.05) is 0 Å². The normalized spacial score (nSPS) is 18.4. The van der Waals surface area contributed by atoms with Crippen LogP contribution >= 0.6 is 0 Å². The zero-order valence-corrected chi connectivity index (χ0v) is 42.6. The third kappa shape index (κ3) is 47.0. The van der Waals surface area contributed by atoms with E-state index in [0.717, 1.165) is 17.8 Å². The molecule has 0 unspecified atom stereocenters. The number of rotatable bonds is 42. The predicted octanol–water partition coefficient (Wildman–Crippen LogP) is 20.3. The van der Waals surface area contributed by atoms with Crippen molar-refractivity contribution in [1.29, 1.82) is 0 Å². The molecule has 2 fully saturated rings. The molecule has 0 N–H and O–H groups in total. The van der Waals surface area contributed by atoms with E-state index < -0.39 is 0 Å². The molecule has 354 valence electrons. The Morgan fingerprint density at radius 1 is 0.288 bits per heavy atom. The van der Waals surface area contributed by atoms with Crippen LogP contribution in [0.1, 0.15) is 313 Å². The minimum atomic E-state index is 0.631. The van der Waals surface area contributed by atoms with Crippen LogP contribution in [0.3, 0.4) is 0 Å². The molecule has 2 aliphatic rings. The quantitative estimate of drug-likeness (QED) is 0.0348. The first-order valence-corrected chi connectivity index (χ1v) is 27.7. The Balaban J connectivity index is 0.000000856. The molecule has 0 aromatic heterocycles. The first-order chi connectivity index (χ1) is 28.7. The largest absolute Gasteiger partial charge is 0.370 e. The molecule has 2 nitrogen and oxygen atoms in total. The summed E-state index contributed by atoms with van der Waals surface area (Å²) in [7, 11) is 0. The fourth-order valence-corrected chi connectivity index (χ4v) is 8.58. The highest BCUT2D eigenvalue weighted by Crippen LogP contribution is 2.33. The van der Waals surface area contributed by atoms with E-state index in [1.54, 1.807) is 0 Å². The molecular formula is C57H114O2. The Hall–Kier alpha value is -0.340. The fourth-order valence-electron chi connectivity index (χ4n) is 8.58. The van der Waals surface area contributed by atoms with E-state index >= 15 is 0 Å². The Morgan fingerprint density at radius 2 is 0.508 bits per heavy atom. The topological polar surface area (TPSA) is 25.1 Å². The molecule has 0 saturated carbocycles. The summed E-state index contributed by atoms with van der Waals surface area (Å²) < 4.78 is 11.6. The van der Waals surface area contributed by atoms with Crippen LogP contribution < -0.4 is 0 Å². The molecule has 0 bridgehead atoms. The van der Waals surface area contributed by atoms with Gasteiger partial charge in [0.15, 0.2) is 0 Å². The van der Waals surface area contributed by atoms with Crippen molar-refractivity contribution < 1.29 is 9.47 Å².